The highest BCUT2D eigenvalue weighted by atomic mass is 127. The molecule has 9 heteroatoms. The van der Waals surface area contributed by atoms with Crippen LogP contribution < -0.4 is 10.6 Å². The highest BCUT2D eigenvalue weighted by Gasteiger charge is 2.25. The van der Waals surface area contributed by atoms with Crippen molar-refractivity contribution in [3.05, 3.63) is 29.3 Å². The quantitative estimate of drug-likeness (QED) is 0.147. The summed E-state index contributed by atoms with van der Waals surface area (Å²) >= 11 is 7.67. The molecular weight excluding hydrogens is 511 g/mol. The van der Waals surface area contributed by atoms with Gasteiger partial charge in [0.1, 0.15) is 0 Å². The Kier molecular flexibility index (Phi) is 12.8. The van der Waals surface area contributed by atoms with Crippen LogP contribution in [0.3, 0.4) is 0 Å². The number of halogens is 2. The van der Waals surface area contributed by atoms with E-state index in [2.05, 4.69) is 20.5 Å². The van der Waals surface area contributed by atoms with E-state index in [0.717, 1.165) is 56.1 Å². The topological polar surface area (TPSA) is 69.1 Å². The van der Waals surface area contributed by atoms with Gasteiger partial charge < -0.3 is 20.5 Å². The molecule has 0 saturated carbocycles. The fourth-order valence-corrected chi connectivity index (χ4v) is 3.65. The van der Waals surface area contributed by atoms with E-state index in [-0.39, 0.29) is 24.0 Å². The van der Waals surface area contributed by atoms with Gasteiger partial charge in [0.15, 0.2) is 5.96 Å². The van der Waals surface area contributed by atoms with E-state index in [0.29, 0.717) is 13.1 Å². The number of benzene rings is 1. The van der Waals surface area contributed by atoms with Crippen molar-refractivity contribution in [1.82, 2.24) is 15.5 Å². The Morgan fingerprint density at radius 3 is 2.61 bits per heavy atom. The standard InChI is InChI=1S/C19H31ClN4O2S.HI/c1-3-21-18(22-8-13-27-17-6-4-16(20)5-7-17)23-14-19(2,25)15-24-9-11-26-12-10-24;/h4-7,25H,3,8-15H2,1-2H3,(H2,21,22,23);1H. The summed E-state index contributed by atoms with van der Waals surface area (Å²) < 4.78 is 5.36. The molecule has 1 unspecified atom stereocenters. The molecule has 1 aromatic rings. The molecule has 0 bridgehead atoms. The molecule has 6 nitrogen and oxygen atoms in total. The summed E-state index contributed by atoms with van der Waals surface area (Å²) in [6.45, 7) is 9.57. The predicted molar refractivity (Wildman–Crippen MR) is 129 cm³/mol. The van der Waals surface area contributed by atoms with E-state index < -0.39 is 5.60 Å². The first-order chi connectivity index (χ1) is 13.0. The van der Waals surface area contributed by atoms with Crippen molar-refractivity contribution in [3.8, 4) is 0 Å². The second-order valence-corrected chi connectivity index (χ2v) is 8.41. The van der Waals surface area contributed by atoms with Crippen molar-refractivity contribution in [3.63, 3.8) is 0 Å². The minimum absolute atomic E-state index is 0. The zero-order chi connectivity index (χ0) is 19.5. The molecule has 2 rings (SSSR count). The monoisotopic (exact) mass is 542 g/mol. The molecule has 1 heterocycles. The van der Waals surface area contributed by atoms with E-state index in [1.54, 1.807) is 11.8 Å². The summed E-state index contributed by atoms with van der Waals surface area (Å²) in [5.74, 6) is 1.65. The lowest BCUT2D eigenvalue weighted by Gasteiger charge is -2.33. The van der Waals surface area contributed by atoms with E-state index in [1.807, 2.05) is 38.1 Å². The smallest absolute Gasteiger partial charge is 0.191 e. The molecule has 0 amide bonds. The van der Waals surface area contributed by atoms with Crippen LogP contribution in [0.1, 0.15) is 13.8 Å². The number of nitrogens with zero attached hydrogens (tertiary/aromatic N) is 2. The predicted octanol–water partition coefficient (Wildman–Crippen LogP) is 2.69. The van der Waals surface area contributed by atoms with E-state index in [1.165, 1.54) is 4.90 Å². The first-order valence-electron chi connectivity index (χ1n) is 9.41. The van der Waals surface area contributed by atoms with Crippen LogP contribution in [-0.2, 0) is 4.74 Å². The van der Waals surface area contributed by atoms with Crippen LogP contribution in [0.4, 0.5) is 0 Å². The number of aliphatic imine (C=N–C) groups is 1. The van der Waals surface area contributed by atoms with Gasteiger partial charge in [0.25, 0.3) is 0 Å². The number of nitrogens with one attached hydrogen (secondary N) is 2. The average Bonchev–Trinajstić information content (AvgIpc) is 2.65. The highest BCUT2D eigenvalue weighted by molar-refractivity contribution is 14.0. The molecule has 1 aliphatic rings. The maximum Gasteiger partial charge on any atom is 0.191 e. The molecule has 160 valence electrons. The highest BCUT2D eigenvalue weighted by Crippen LogP contribution is 2.19. The average molecular weight is 543 g/mol. The first kappa shape index (κ1) is 25.8. The third-order valence-corrected chi connectivity index (χ3v) is 5.33. The van der Waals surface area contributed by atoms with Gasteiger partial charge in [0, 0.05) is 48.4 Å². The fraction of sp³-hybridized carbons (Fsp3) is 0.632. The first-order valence-corrected chi connectivity index (χ1v) is 10.8. The van der Waals surface area contributed by atoms with Crippen molar-refractivity contribution in [2.24, 2.45) is 4.99 Å². The number of thioether (sulfide) groups is 1. The zero-order valence-corrected chi connectivity index (χ0v) is 20.5. The maximum absolute atomic E-state index is 10.7. The van der Waals surface area contributed by atoms with Crippen LogP contribution >= 0.6 is 47.3 Å². The van der Waals surface area contributed by atoms with Gasteiger partial charge in [-0.25, -0.2) is 0 Å². The number of hydrogen-bond donors (Lipinski definition) is 3. The molecule has 1 aromatic carbocycles. The van der Waals surface area contributed by atoms with E-state index in [4.69, 9.17) is 16.3 Å². The van der Waals surface area contributed by atoms with Crippen LogP contribution in [0.15, 0.2) is 34.2 Å². The summed E-state index contributed by atoms with van der Waals surface area (Å²) in [5, 5.41) is 18.0. The number of ether oxygens (including phenoxy) is 1. The van der Waals surface area contributed by atoms with Gasteiger partial charge in [-0.2, -0.15) is 0 Å². The molecule has 0 aromatic heterocycles. The van der Waals surface area contributed by atoms with Crippen LogP contribution in [0.2, 0.25) is 5.02 Å². The molecule has 1 fully saturated rings. The molecule has 0 spiro atoms. The van der Waals surface area contributed by atoms with Gasteiger partial charge in [-0.15, -0.1) is 35.7 Å². The third-order valence-electron chi connectivity index (χ3n) is 4.07. The van der Waals surface area contributed by atoms with Crippen molar-refractivity contribution >= 4 is 53.3 Å². The lowest BCUT2D eigenvalue weighted by Crippen LogP contribution is -2.48. The molecule has 3 N–H and O–H groups in total. The van der Waals surface area contributed by atoms with Crippen LogP contribution in [0, 0.1) is 0 Å². The Morgan fingerprint density at radius 1 is 1.29 bits per heavy atom. The summed E-state index contributed by atoms with van der Waals surface area (Å²) in [7, 11) is 0. The van der Waals surface area contributed by atoms with Crippen LogP contribution in [0.5, 0.6) is 0 Å². The minimum atomic E-state index is -0.863. The zero-order valence-electron chi connectivity index (χ0n) is 16.6. The number of hydrogen-bond acceptors (Lipinski definition) is 5. The number of morpholine rings is 1. The Morgan fingerprint density at radius 2 is 1.96 bits per heavy atom. The minimum Gasteiger partial charge on any atom is -0.387 e. The second kappa shape index (κ2) is 13.9. The van der Waals surface area contributed by atoms with Gasteiger partial charge in [0.05, 0.1) is 25.4 Å². The third kappa shape index (κ3) is 10.5. The molecule has 28 heavy (non-hydrogen) atoms. The van der Waals surface area contributed by atoms with Gasteiger partial charge in [-0.1, -0.05) is 11.6 Å². The second-order valence-electron chi connectivity index (χ2n) is 6.81. The van der Waals surface area contributed by atoms with Crippen molar-refractivity contribution in [2.45, 2.75) is 24.3 Å². The summed E-state index contributed by atoms with van der Waals surface area (Å²) in [6, 6.07) is 7.85. The van der Waals surface area contributed by atoms with Gasteiger partial charge in [-0.3, -0.25) is 9.89 Å². The molecule has 0 radical (unpaired) electrons. The lowest BCUT2D eigenvalue weighted by atomic mass is 10.1. The van der Waals surface area contributed by atoms with Gasteiger partial charge in [-0.05, 0) is 38.1 Å². The van der Waals surface area contributed by atoms with Gasteiger partial charge in [0.2, 0.25) is 0 Å². The number of guanidine groups is 1. The number of aliphatic hydroxyl groups is 1. The van der Waals surface area contributed by atoms with Crippen molar-refractivity contribution < 1.29 is 9.84 Å². The Balaban J connectivity index is 0.00000392. The van der Waals surface area contributed by atoms with Crippen LogP contribution in [-0.4, -0.2) is 79.8 Å². The SMILES string of the molecule is CCNC(=NCC(C)(O)CN1CCOCC1)NCCSc1ccc(Cl)cc1.I. The Hall–Kier alpha value is -0.260. The number of rotatable bonds is 9. The number of β-amino-alcohol motifs (C(OH)–C–C–N with tert-alkyl or cyclic N) is 1. The lowest BCUT2D eigenvalue weighted by molar-refractivity contribution is -0.0179. The summed E-state index contributed by atoms with van der Waals surface area (Å²) in [6.07, 6.45) is 0. The molecule has 1 atom stereocenters. The summed E-state index contributed by atoms with van der Waals surface area (Å²) in [4.78, 5) is 7.98. The van der Waals surface area contributed by atoms with E-state index in [9.17, 15) is 5.11 Å². The van der Waals surface area contributed by atoms with Crippen LogP contribution in [0.25, 0.3) is 0 Å². The molecule has 1 aliphatic heterocycles. The molecule has 1 saturated heterocycles. The van der Waals surface area contributed by atoms with Gasteiger partial charge >= 0.3 is 0 Å². The van der Waals surface area contributed by atoms with Crippen molar-refractivity contribution in [2.75, 3.05) is 58.2 Å². The fourth-order valence-electron chi connectivity index (χ4n) is 2.75. The summed E-state index contributed by atoms with van der Waals surface area (Å²) in [5.41, 5.74) is -0.863. The Bertz CT molecular complexity index is 584. The van der Waals surface area contributed by atoms with E-state index >= 15 is 0 Å². The largest absolute Gasteiger partial charge is 0.387 e. The normalized spacial score (nSPS) is 17.5. The molecular formula is C19H32ClIN4O2S. The molecule has 0 aliphatic carbocycles. The van der Waals surface area contributed by atoms with Crippen molar-refractivity contribution in [1.29, 1.82) is 0 Å². The maximum atomic E-state index is 10.7. The Labute approximate surface area is 194 Å².